The standard InChI is InChI=1S/C8H19N3/c1-7(2)5-10-8(9)6-11(3)4/h7H,5-6H2,1-4H3,(H2,9,10). The van der Waals surface area contributed by atoms with Gasteiger partial charge < -0.3 is 10.6 Å². The molecular formula is C8H19N3. The highest BCUT2D eigenvalue weighted by Gasteiger charge is 1.95. The van der Waals surface area contributed by atoms with Gasteiger partial charge >= 0.3 is 0 Å². The van der Waals surface area contributed by atoms with Gasteiger partial charge in [-0.15, -0.1) is 0 Å². The first-order valence-corrected chi connectivity index (χ1v) is 3.96. The van der Waals surface area contributed by atoms with Crippen molar-refractivity contribution in [2.75, 3.05) is 27.2 Å². The van der Waals surface area contributed by atoms with Gasteiger partial charge in [-0.25, -0.2) is 0 Å². The smallest absolute Gasteiger partial charge is 0.108 e. The largest absolute Gasteiger partial charge is 0.386 e. The third kappa shape index (κ3) is 7.33. The van der Waals surface area contributed by atoms with Crippen molar-refractivity contribution < 1.29 is 0 Å². The van der Waals surface area contributed by atoms with E-state index in [1.165, 1.54) is 0 Å². The summed E-state index contributed by atoms with van der Waals surface area (Å²) in [5.41, 5.74) is 5.63. The van der Waals surface area contributed by atoms with E-state index >= 15 is 0 Å². The molecule has 3 heteroatoms. The second kappa shape index (κ2) is 5.13. The summed E-state index contributed by atoms with van der Waals surface area (Å²) in [5, 5.41) is 0. The van der Waals surface area contributed by atoms with E-state index < -0.39 is 0 Å². The van der Waals surface area contributed by atoms with Crippen LogP contribution in [0.1, 0.15) is 13.8 Å². The molecule has 3 nitrogen and oxygen atoms in total. The number of amidine groups is 1. The average molecular weight is 157 g/mol. The van der Waals surface area contributed by atoms with Gasteiger partial charge in [0, 0.05) is 6.54 Å². The quantitative estimate of drug-likeness (QED) is 0.478. The van der Waals surface area contributed by atoms with Crippen LogP contribution in [0.15, 0.2) is 4.99 Å². The Hall–Kier alpha value is -0.570. The lowest BCUT2D eigenvalue weighted by Gasteiger charge is -2.08. The Kier molecular flexibility index (Phi) is 4.86. The monoisotopic (exact) mass is 157 g/mol. The Labute approximate surface area is 69.3 Å². The molecule has 0 rings (SSSR count). The first kappa shape index (κ1) is 10.4. The fraction of sp³-hybridized carbons (Fsp3) is 0.875. The van der Waals surface area contributed by atoms with Gasteiger partial charge in [0.2, 0.25) is 0 Å². The molecule has 0 heterocycles. The van der Waals surface area contributed by atoms with Crippen LogP contribution in [0.3, 0.4) is 0 Å². The van der Waals surface area contributed by atoms with E-state index in [2.05, 4.69) is 18.8 Å². The normalized spacial score (nSPS) is 13.1. The lowest BCUT2D eigenvalue weighted by molar-refractivity contribution is 0.467. The molecule has 11 heavy (non-hydrogen) atoms. The highest BCUT2D eigenvalue weighted by Crippen LogP contribution is 1.91. The lowest BCUT2D eigenvalue weighted by Crippen LogP contribution is -2.28. The SMILES string of the molecule is CC(C)CN=C(N)CN(C)C. The number of nitrogens with zero attached hydrogens (tertiary/aromatic N) is 2. The minimum absolute atomic E-state index is 0.593. The maximum absolute atomic E-state index is 5.63. The van der Waals surface area contributed by atoms with Crippen LogP contribution in [0.5, 0.6) is 0 Å². The molecule has 0 aliphatic carbocycles. The van der Waals surface area contributed by atoms with E-state index in [4.69, 9.17) is 5.73 Å². The molecule has 0 aromatic rings. The summed E-state index contributed by atoms with van der Waals surface area (Å²) in [6, 6.07) is 0. The molecular weight excluding hydrogens is 138 g/mol. The lowest BCUT2D eigenvalue weighted by atomic mass is 10.2. The Balaban J connectivity index is 3.63. The predicted octanol–water partition coefficient (Wildman–Crippen LogP) is 0.561. The van der Waals surface area contributed by atoms with Crippen LogP contribution in [-0.2, 0) is 0 Å². The van der Waals surface area contributed by atoms with Gasteiger partial charge in [-0.1, -0.05) is 13.8 Å². The molecule has 2 N–H and O–H groups in total. The van der Waals surface area contributed by atoms with Gasteiger partial charge in [0.1, 0.15) is 5.84 Å². The first-order chi connectivity index (χ1) is 5.02. The van der Waals surface area contributed by atoms with Gasteiger partial charge in [0.25, 0.3) is 0 Å². The maximum Gasteiger partial charge on any atom is 0.108 e. The predicted molar refractivity (Wildman–Crippen MR) is 49.9 cm³/mol. The molecule has 0 aromatic heterocycles. The van der Waals surface area contributed by atoms with Crippen molar-refractivity contribution in [1.29, 1.82) is 0 Å². The van der Waals surface area contributed by atoms with Crippen molar-refractivity contribution in [3.8, 4) is 0 Å². The topological polar surface area (TPSA) is 41.6 Å². The fourth-order valence-electron chi connectivity index (χ4n) is 0.674. The van der Waals surface area contributed by atoms with Crippen molar-refractivity contribution in [3.63, 3.8) is 0 Å². The summed E-state index contributed by atoms with van der Waals surface area (Å²) in [6.07, 6.45) is 0. The molecule has 0 saturated carbocycles. The minimum Gasteiger partial charge on any atom is -0.386 e. The molecule has 0 unspecified atom stereocenters. The highest BCUT2D eigenvalue weighted by atomic mass is 15.1. The van der Waals surface area contributed by atoms with Crippen LogP contribution in [-0.4, -0.2) is 37.9 Å². The van der Waals surface area contributed by atoms with Crippen LogP contribution in [0.25, 0.3) is 0 Å². The van der Waals surface area contributed by atoms with Crippen LogP contribution >= 0.6 is 0 Å². The number of nitrogens with two attached hydrogens (primary N) is 1. The van der Waals surface area contributed by atoms with Gasteiger partial charge in [0.15, 0.2) is 0 Å². The molecule has 0 aromatic carbocycles. The summed E-state index contributed by atoms with van der Waals surface area (Å²) in [5.74, 6) is 1.32. The van der Waals surface area contributed by atoms with Crippen molar-refractivity contribution in [2.45, 2.75) is 13.8 Å². The highest BCUT2D eigenvalue weighted by molar-refractivity contribution is 5.82. The van der Waals surface area contributed by atoms with Gasteiger partial charge in [0.05, 0.1) is 6.54 Å². The Morgan fingerprint density at radius 1 is 1.45 bits per heavy atom. The Morgan fingerprint density at radius 2 is 2.00 bits per heavy atom. The van der Waals surface area contributed by atoms with Gasteiger partial charge in [-0.05, 0) is 20.0 Å². The van der Waals surface area contributed by atoms with Crippen LogP contribution < -0.4 is 5.73 Å². The first-order valence-electron chi connectivity index (χ1n) is 3.96. The fourth-order valence-corrected chi connectivity index (χ4v) is 0.674. The van der Waals surface area contributed by atoms with Crippen molar-refractivity contribution in [2.24, 2.45) is 16.6 Å². The van der Waals surface area contributed by atoms with Crippen molar-refractivity contribution in [3.05, 3.63) is 0 Å². The van der Waals surface area contributed by atoms with Crippen LogP contribution in [0.4, 0.5) is 0 Å². The molecule has 0 aliphatic heterocycles. The van der Waals surface area contributed by atoms with E-state index in [-0.39, 0.29) is 0 Å². The maximum atomic E-state index is 5.63. The molecule has 0 atom stereocenters. The molecule has 0 bridgehead atoms. The second-order valence-corrected chi connectivity index (χ2v) is 3.46. The van der Waals surface area contributed by atoms with Crippen LogP contribution in [0, 0.1) is 5.92 Å². The van der Waals surface area contributed by atoms with Crippen LogP contribution in [0.2, 0.25) is 0 Å². The number of likely N-dealkylation sites (N-methyl/N-ethyl adjacent to an activating group) is 1. The zero-order chi connectivity index (χ0) is 8.85. The average Bonchev–Trinajstić information content (AvgIpc) is 1.82. The van der Waals surface area contributed by atoms with E-state index in [0.717, 1.165) is 18.9 Å². The van der Waals surface area contributed by atoms with E-state index in [1.807, 2.05) is 19.0 Å². The molecule has 0 aliphatic rings. The van der Waals surface area contributed by atoms with Crippen molar-refractivity contribution in [1.82, 2.24) is 4.90 Å². The van der Waals surface area contributed by atoms with Gasteiger partial charge in [-0.2, -0.15) is 0 Å². The molecule has 0 radical (unpaired) electrons. The molecule has 0 amide bonds. The molecule has 0 saturated heterocycles. The number of rotatable bonds is 4. The van der Waals surface area contributed by atoms with E-state index in [0.29, 0.717) is 5.92 Å². The third-order valence-corrected chi connectivity index (χ3v) is 1.14. The van der Waals surface area contributed by atoms with Crippen molar-refractivity contribution >= 4 is 5.84 Å². The van der Waals surface area contributed by atoms with E-state index in [9.17, 15) is 0 Å². The number of hydrogen-bond donors (Lipinski definition) is 1. The van der Waals surface area contributed by atoms with E-state index in [1.54, 1.807) is 0 Å². The zero-order valence-electron chi connectivity index (χ0n) is 7.96. The molecule has 0 fully saturated rings. The number of aliphatic imine (C=N–C) groups is 1. The Bertz CT molecular complexity index is 127. The summed E-state index contributed by atoms with van der Waals surface area (Å²) < 4.78 is 0. The summed E-state index contributed by atoms with van der Waals surface area (Å²) in [4.78, 5) is 6.23. The summed E-state index contributed by atoms with van der Waals surface area (Å²) >= 11 is 0. The third-order valence-electron chi connectivity index (χ3n) is 1.14. The zero-order valence-corrected chi connectivity index (χ0v) is 7.96. The second-order valence-electron chi connectivity index (χ2n) is 3.46. The molecule has 0 spiro atoms. The summed E-state index contributed by atoms with van der Waals surface area (Å²) in [7, 11) is 3.97. The Morgan fingerprint density at radius 3 is 2.36 bits per heavy atom. The van der Waals surface area contributed by atoms with Gasteiger partial charge in [-0.3, -0.25) is 4.99 Å². The molecule has 66 valence electrons. The summed E-state index contributed by atoms with van der Waals surface area (Å²) in [6.45, 7) is 5.85. The number of hydrogen-bond acceptors (Lipinski definition) is 2. The minimum atomic E-state index is 0.593.